The second-order valence-corrected chi connectivity index (χ2v) is 7.94. The molecule has 6 heteroatoms. The van der Waals surface area contributed by atoms with Crippen LogP contribution in [-0.2, 0) is 6.42 Å². The molecule has 1 atom stereocenters. The van der Waals surface area contributed by atoms with Crippen molar-refractivity contribution in [1.82, 2.24) is 14.9 Å². The van der Waals surface area contributed by atoms with E-state index in [0.717, 1.165) is 11.1 Å². The Kier molecular flexibility index (Phi) is 4.40. The Morgan fingerprint density at radius 2 is 1.83 bits per heavy atom. The summed E-state index contributed by atoms with van der Waals surface area (Å²) in [6, 6.07) is 19.9. The molecule has 1 aliphatic rings. The Morgan fingerprint density at radius 3 is 2.63 bits per heavy atom. The molecule has 1 unspecified atom stereocenters. The summed E-state index contributed by atoms with van der Waals surface area (Å²) < 4.78 is 1.57. The molecule has 148 valence electrons. The van der Waals surface area contributed by atoms with E-state index >= 15 is 0 Å². The molecule has 0 fully saturated rings. The number of hydrogen-bond donors (Lipinski definition) is 1. The predicted molar refractivity (Wildman–Crippen MR) is 117 cm³/mol. The smallest absolute Gasteiger partial charge is 0.266 e. The number of nitrogens with one attached hydrogen (secondary N) is 1. The molecular formula is C24H18ClN3O2. The number of rotatable bonds is 2. The molecule has 3 aromatic carbocycles. The molecule has 5 nitrogen and oxygen atoms in total. The second-order valence-electron chi connectivity index (χ2n) is 7.51. The topological polar surface area (TPSA) is 64.0 Å². The highest BCUT2D eigenvalue weighted by molar-refractivity contribution is 6.31. The lowest BCUT2D eigenvalue weighted by atomic mass is 10.0. The first-order chi connectivity index (χ1) is 14.5. The van der Waals surface area contributed by atoms with Crippen molar-refractivity contribution in [1.29, 1.82) is 0 Å². The van der Waals surface area contributed by atoms with E-state index in [-0.39, 0.29) is 11.5 Å². The number of fused-ring (bicyclic) bond motifs is 4. The Morgan fingerprint density at radius 1 is 1.03 bits per heavy atom. The molecule has 1 aromatic heterocycles. The highest BCUT2D eigenvalue weighted by Gasteiger charge is 2.29. The summed E-state index contributed by atoms with van der Waals surface area (Å²) in [5.41, 5.74) is 3.30. The van der Waals surface area contributed by atoms with Crippen molar-refractivity contribution in [3.63, 3.8) is 0 Å². The van der Waals surface area contributed by atoms with Gasteiger partial charge in [0.05, 0.1) is 28.2 Å². The summed E-state index contributed by atoms with van der Waals surface area (Å²) in [7, 11) is 0. The van der Waals surface area contributed by atoms with Gasteiger partial charge in [0.25, 0.3) is 11.5 Å². The summed E-state index contributed by atoms with van der Waals surface area (Å²) in [4.78, 5) is 31.4. The summed E-state index contributed by atoms with van der Waals surface area (Å²) in [6.07, 6.45) is 0.512. The summed E-state index contributed by atoms with van der Waals surface area (Å²) in [5.74, 6) is 0.272. The van der Waals surface area contributed by atoms with Gasteiger partial charge in [-0.2, -0.15) is 0 Å². The maximum atomic E-state index is 13.6. The lowest BCUT2D eigenvalue weighted by Crippen LogP contribution is -2.31. The largest absolute Gasteiger partial charge is 0.342 e. The van der Waals surface area contributed by atoms with Gasteiger partial charge in [0.15, 0.2) is 0 Å². The predicted octanol–water partition coefficient (Wildman–Crippen LogP) is 4.37. The van der Waals surface area contributed by atoms with Crippen LogP contribution in [0.2, 0.25) is 5.02 Å². The molecule has 5 rings (SSSR count). The van der Waals surface area contributed by atoms with Crippen LogP contribution in [-0.4, -0.2) is 15.5 Å². The molecule has 1 N–H and O–H groups in total. The van der Waals surface area contributed by atoms with E-state index in [9.17, 15) is 9.59 Å². The summed E-state index contributed by atoms with van der Waals surface area (Å²) >= 11 is 6.16. The van der Waals surface area contributed by atoms with Gasteiger partial charge in [0, 0.05) is 5.02 Å². The third-order valence-electron chi connectivity index (χ3n) is 5.40. The van der Waals surface area contributed by atoms with E-state index in [2.05, 4.69) is 5.32 Å². The molecule has 0 bridgehead atoms. The first-order valence-corrected chi connectivity index (χ1v) is 10.1. The number of aromatic nitrogens is 2. The molecular weight excluding hydrogens is 398 g/mol. The monoisotopic (exact) mass is 415 g/mol. The Labute approximate surface area is 178 Å². The average molecular weight is 416 g/mol. The van der Waals surface area contributed by atoms with Crippen LogP contribution in [0.1, 0.15) is 33.4 Å². The van der Waals surface area contributed by atoms with Gasteiger partial charge in [-0.15, -0.1) is 0 Å². The van der Waals surface area contributed by atoms with Crippen LogP contribution in [0.15, 0.2) is 71.5 Å². The molecule has 2 heterocycles. The minimum atomic E-state index is -0.469. The zero-order chi connectivity index (χ0) is 20.8. The number of aryl methyl sites for hydroxylation is 1. The van der Waals surface area contributed by atoms with Gasteiger partial charge >= 0.3 is 0 Å². The number of carbonyl (C=O) groups excluding carboxylic acids is 1. The molecule has 30 heavy (non-hydrogen) atoms. The van der Waals surface area contributed by atoms with Crippen molar-refractivity contribution in [3.05, 3.63) is 105 Å². The highest BCUT2D eigenvalue weighted by atomic mass is 35.5. The fourth-order valence-electron chi connectivity index (χ4n) is 3.95. The van der Waals surface area contributed by atoms with Gasteiger partial charge in [-0.3, -0.25) is 14.2 Å². The van der Waals surface area contributed by atoms with E-state index < -0.39 is 6.04 Å². The van der Waals surface area contributed by atoms with Gasteiger partial charge in [-0.1, -0.05) is 48.0 Å². The van der Waals surface area contributed by atoms with E-state index in [1.165, 1.54) is 0 Å². The summed E-state index contributed by atoms with van der Waals surface area (Å²) in [5, 5.41) is 4.04. The van der Waals surface area contributed by atoms with Gasteiger partial charge in [0.1, 0.15) is 5.82 Å². The minimum absolute atomic E-state index is 0.215. The third-order valence-corrected chi connectivity index (χ3v) is 5.63. The molecule has 4 aromatic rings. The highest BCUT2D eigenvalue weighted by Crippen LogP contribution is 2.28. The SMILES string of the molecule is Cc1ccc2c(c1)-n1c(nc3cc(Cl)ccc3c1=O)C(Cc1ccccc1)NC2=O. The fraction of sp³-hybridized carbons (Fsp3) is 0.125. The van der Waals surface area contributed by atoms with Crippen molar-refractivity contribution in [2.24, 2.45) is 0 Å². The molecule has 1 amide bonds. The Balaban J connectivity index is 1.83. The van der Waals surface area contributed by atoms with Crippen molar-refractivity contribution in [3.8, 4) is 5.69 Å². The Bertz CT molecular complexity index is 1360. The molecule has 0 aliphatic carbocycles. The van der Waals surface area contributed by atoms with Crippen molar-refractivity contribution in [2.45, 2.75) is 19.4 Å². The third kappa shape index (κ3) is 3.08. The van der Waals surface area contributed by atoms with Crippen molar-refractivity contribution in [2.75, 3.05) is 0 Å². The number of carbonyl (C=O) groups is 1. The average Bonchev–Trinajstić information content (AvgIpc) is 2.83. The first kappa shape index (κ1) is 18.6. The zero-order valence-electron chi connectivity index (χ0n) is 16.2. The van der Waals surface area contributed by atoms with Crippen LogP contribution >= 0.6 is 11.6 Å². The number of amides is 1. The fourth-order valence-corrected chi connectivity index (χ4v) is 4.12. The lowest BCUT2D eigenvalue weighted by Gasteiger charge is -2.19. The number of halogens is 1. The normalized spacial score (nSPS) is 15.3. The maximum absolute atomic E-state index is 13.6. The quantitative estimate of drug-likeness (QED) is 0.528. The van der Waals surface area contributed by atoms with E-state index in [0.29, 0.717) is 39.4 Å². The van der Waals surface area contributed by atoms with Crippen molar-refractivity contribution < 1.29 is 4.79 Å². The molecule has 1 aliphatic heterocycles. The van der Waals surface area contributed by atoms with Gasteiger partial charge in [-0.25, -0.2) is 4.98 Å². The first-order valence-electron chi connectivity index (χ1n) is 9.69. The van der Waals surface area contributed by atoms with E-state index in [4.69, 9.17) is 16.6 Å². The van der Waals surface area contributed by atoms with Crippen LogP contribution in [0.25, 0.3) is 16.6 Å². The molecule has 0 saturated heterocycles. The van der Waals surface area contributed by atoms with Crippen LogP contribution < -0.4 is 10.9 Å². The zero-order valence-corrected chi connectivity index (χ0v) is 17.0. The molecule has 0 radical (unpaired) electrons. The molecule has 0 saturated carbocycles. The van der Waals surface area contributed by atoms with E-state index in [1.807, 2.05) is 49.4 Å². The van der Waals surface area contributed by atoms with Gasteiger partial charge in [0.2, 0.25) is 0 Å². The van der Waals surface area contributed by atoms with Crippen molar-refractivity contribution >= 4 is 28.4 Å². The molecule has 0 spiro atoms. The van der Waals surface area contributed by atoms with Gasteiger partial charge < -0.3 is 5.32 Å². The second kappa shape index (κ2) is 7.11. The minimum Gasteiger partial charge on any atom is -0.342 e. The number of benzene rings is 3. The lowest BCUT2D eigenvalue weighted by molar-refractivity contribution is 0.0938. The number of hydrogen-bond acceptors (Lipinski definition) is 3. The summed E-state index contributed by atoms with van der Waals surface area (Å²) in [6.45, 7) is 1.93. The van der Waals surface area contributed by atoms with Crippen LogP contribution in [0, 0.1) is 6.92 Å². The standard InChI is InChI=1S/C24H18ClN3O2/c1-14-7-9-18-21(11-14)28-22(26-19-13-16(25)8-10-17(19)24(28)30)20(27-23(18)29)12-15-5-3-2-4-6-15/h2-11,13,20H,12H2,1H3,(H,27,29). The van der Waals surface area contributed by atoms with Gasteiger partial charge in [-0.05, 0) is 54.8 Å². The Hall–Kier alpha value is -3.44. The van der Waals surface area contributed by atoms with E-state index in [1.54, 1.807) is 28.8 Å². The van der Waals surface area contributed by atoms with Crippen LogP contribution in [0.3, 0.4) is 0 Å². The van der Waals surface area contributed by atoms with Crippen LogP contribution in [0.5, 0.6) is 0 Å². The number of nitrogens with zero attached hydrogens (tertiary/aromatic N) is 2. The van der Waals surface area contributed by atoms with Crippen LogP contribution in [0.4, 0.5) is 0 Å². The maximum Gasteiger partial charge on any atom is 0.266 e.